The maximum absolute atomic E-state index is 5.73. The summed E-state index contributed by atoms with van der Waals surface area (Å²) < 4.78 is 6.05. The fraction of sp³-hybridized carbons (Fsp3) is 0.444. The molecule has 0 saturated heterocycles. The Balaban J connectivity index is 2.69. The first-order valence-corrected chi connectivity index (χ1v) is 5.90. The average Bonchev–Trinajstić information content (AvgIpc) is 2.23. The molecular weight excluding hydrogens is 295 g/mol. The molecule has 1 aromatic rings. The summed E-state index contributed by atoms with van der Waals surface area (Å²) >= 11 is 8.95. The zero-order valence-corrected chi connectivity index (χ0v) is 11.2. The van der Waals surface area contributed by atoms with Crippen molar-refractivity contribution in [1.29, 1.82) is 0 Å². The normalized spacial score (nSPS) is 9.94. The summed E-state index contributed by atoms with van der Waals surface area (Å²) in [6.45, 7) is 6.73. The number of nitrogens with one attached hydrogen (secondary N) is 1. The van der Waals surface area contributed by atoms with E-state index >= 15 is 0 Å². The van der Waals surface area contributed by atoms with Gasteiger partial charge in [-0.3, -0.25) is 0 Å². The number of hydrogen-bond donors (Lipinski definition) is 1. The van der Waals surface area contributed by atoms with Gasteiger partial charge in [-0.05, 0) is 18.0 Å². The lowest BCUT2D eigenvalue weighted by atomic mass is 10.5. The second-order valence-electron chi connectivity index (χ2n) is 2.93. The smallest absolute Gasteiger partial charge is 0.322 e. The van der Waals surface area contributed by atoms with Gasteiger partial charge in [0.25, 0.3) is 0 Å². The van der Waals surface area contributed by atoms with Gasteiger partial charge in [-0.15, -0.1) is 0 Å². The minimum absolute atomic E-state index is 0.101. The minimum atomic E-state index is 0.101. The molecule has 0 bridgehead atoms. The third kappa shape index (κ3) is 4.76. The predicted molar refractivity (Wildman–Crippen MR) is 67.2 cm³/mol. The molecule has 0 radical (unpaired) electrons. The van der Waals surface area contributed by atoms with Crippen molar-refractivity contribution in [3.05, 3.63) is 16.3 Å². The van der Waals surface area contributed by atoms with Gasteiger partial charge < -0.3 is 10.1 Å². The summed E-state index contributed by atoms with van der Waals surface area (Å²) in [7, 11) is 0. The van der Waals surface area contributed by atoms with Gasteiger partial charge >= 0.3 is 6.01 Å². The number of ether oxygens (including phenoxy) is 1. The van der Waals surface area contributed by atoms with Crippen LogP contribution in [0.2, 0.25) is 5.28 Å². The molecule has 1 N–H and O–H groups in total. The molecule has 0 aromatic carbocycles. The summed E-state index contributed by atoms with van der Waals surface area (Å²) in [6, 6.07) is 0.226. The molecule has 0 aliphatic heterocycles. The van der Waals surface area contributed by atoms with Gasteiger partial charge in [-0.2, -0.15) is 15.0 Å². The minimum Gasteiger partial charge on any atom is -0.463 e. The van der Waals surface area contributed by atoms with Crippen LogP contribution in [0.3, 0.4) is 0 Å². The number of nitrogens with zero attached hydrogens (tertiary/aromatic N) is 3. The lowest BCUT2D eigenvalue weighted by Gasteiger charge is -2.06. The van der Waals surface area contributed by atoms with Gasteiger partial charge in [0.1, 0.15) is 0 Å². The Morgan fingerprint density at radius 1 is 1.50 bits per heavy atom. The molecule has 7 heteroatoms. The fourth-order valence-electron chi connectivity index (χ4n) is 0.844. The van der Waals surface area contributed by atoms with Crippen molar-refractivity contribution in [2.45, 2.75) is 13.3 Å². The molecule has 0 saturated carbocycles. The Morgan fingerprint density at radius 3 is 2.88 bits per heavy atom. The highest BCUT2D eigenvalue weighted by Crippen LogP contribution is 2.12. The molecular formula is C9H12BrClN4O. The van der Waals surface area contributed by atoms with E-state index in [1.54, 1.807) is 0 Å². The topological polar surface area (TPSA) is 59.9 Å². The highest BCUT2D eigenvalue weighted by Gasteiger charge is 2.05. The van der Waals surface area contributed by atoms with Gasteiger partial charge in [0.15, 0.2) is 0 Å². The van der Waals surface area contributed by atoms with Crippen molar-refractivity contribution in [2.24, 2.45) is 0 Å². The van der Waals surface area contributed by atoms with Gasteiger partial charge in [0.2, 0.25) is 11.2 Å². The van der Waals surface area contributed by atoms with Crippen LogP contribution >= 0.6 is 27.5 Å². The molecule has 1 heterocycles. The van der Waals surface area contributed by atoms with E-state index in [4.69, 9.17) is 16.3 Å². The summed E-state index contributed by atoms with van der Waals surface area (Å²) in [4.78, 5) is 11.8. The van der Waals surface area contributed by atoms with Crippen LogP contribution in [0.25, 0.3) is 0 Å². The van der Waals surface area contributed by atoms with E-state index in [1.165, 1.54) is 0 Å². The highest BCUT2D eigenvalue weighted by atomic mass is 79.9. The molecule has 0 spiro atoms. The first-order chi connectivity index (χ1) is 7.61. The lowest BCUT2D eigenvalue weighted by molar-refractivity contribution is 0.291. The van der Waals surface area contributed by atoms with E-state index in [9.17, 15) is 0 Å². The SMILES string of the molecule is C=C(Br)CNc1nc(Cl)nc(OCCC)n1. The Morgan fingerprint density at radius 2 is 2.25 bits per heavy atom. The van der Waals surface area contributed by atoms with Gasteiger partial charge in [0, 0.05) is 11.0 Å². The Bertz CT molecular complexity index is 375. The van der Waals surface area contributed by atoms with E-state index < -0.39 is 0 Å². The lowest BCUT2D eigenvalue weighted by Crippen LogP contribution is -2.08. The van der Waals surface area contributed by atoms with Crippen LogP contribution in [0.4, 0.5) is 5.95 Å². The largest absolute Gasteiger partial charge is 0.463 e. The highest BCUT2D eigenvalue weighted by molar-refractivity contribution is 9.11. The molecule has 88 valence electrons. The fourth-order valence-corrected chi connectivity index (χ4v) is 1.14. The summed E-state index contributed by atoms with van der Waals surface area (Å²) in [5.74, 6) is 0.367. The van der Waals surface area contributed by atoms with Crippen molar-refractivity contribution in [3.63, 3.8) is 0 Å². The third-order valence-electron chi connectivity index (χ3n) is 1.46. The first kappa shape index (κ1) is 13.2. The molecule has 0 unspecified atom stereocenters. The van der Waals surface area contributed by atoms with Crippen molar-refractivity contribution < 1.29 is 4.74 Å². The number of hydrogen-bond acceptors (Lipinski definition) is 5. The van der Waals surface area contributed by atoms with E-state index in [0.29, 0.717) is 19.1 Å². The zero-order valence-electron chi connectivity index (χ0n) is 8.83. The van der Waals surface area contributed by atoms with Crippen LogP contribution in [0.15, 0.2) is 11.1 Å². The number of rotatable bonds is 6. The molecule has 0 aliphatic rings. The van der Waals surface area contributed by atoms with Crippen LogP contribution < -0.4 is 10.1 Å². The number of anilines is 1. The third-order valence-corrected chi connectivity index (χ3v) is 1.91. The van der Waals surface area contributed by atoms with Crippen molar-refractivity contribution >= 4 is 33.5 Å². The molecule has 0 fully saturated rings. The number of halogens is 2. The molecule has 0 aliphatic carbocycles. The summed E-state index contributed by atoms with van der Waals surface area (Å²) in [5, 5.41) is 3.03. The van der Waals surface area contributed by atoms with E-state index in [2.05, 4.69) is 42.8 Å². The molecule has 16 heavy (non-hydrogen) atoms. The van der Waals surface area contributed by atoms with E-state index in [-0.39, 0.29) is 11.3 Å². The predicted octanol–water partition coefficient (Wildman–Crippen LogP) is 2.63. The monoisotopic (exact) mass is 306 g/mol. The average molecular weight is 308 g/mol. The van der Waals surface area contributed by atoms with Crippen molar-refractivity contribution in [2.75, 3.05) is 18.5 Å². The van der Waals surface area contributed by atoms with Crippen LogP contribution in [-0.4, -0.2) is 28.1 Å². The van der Waals surface area contributed by atoms with Gasteiger partial charge in [-0.25, -0.2) is 0 Å². The molecule has 5 nitrogen and oxygen atoms in total. The van der Waals surface area contributed by atoms with E-state index in [0.717, 1.165) is 10.9 Å². The molecule has 1 rings (SSSR count). The maximum Gasteiger partial charge on any atom is 0.322 e. The second-order valence-corrected chi connectivity index (χ2v) is 4.39. The van der Waals surface area contributed by atoms with Crippen LogP contribution in [0.1, 0.15) is 13.3 Å². The van der Waals surface area contributed by atoms with Gasteiger partial charge in [-0.1, -0.05) is 29.4 Å². The zero-order chi connectivity index (χ0) is 12.0. The molecule has 0 atom stereocenters. The van der Waals surface area contributed by atoms with Crippen molar-refractivity contribution in [3.8, 4) is 6.01 Å². The molecule has 0 amide bonds. The standard InChI is InChI=1S/C9H12BrClN4O/c1-3-4-16-9-14-7(11)13-8(15-9)12-5-6(2)10/h2-5H2,1H3,(H,12,13,14,15). The second kappa shape index (κ2) is 6.65. The summed E-state index contributed by atoms with van der Waals surface area (Å²) in [5.41, 5.74) is 0. The van der Waals surface area contributed by atoms with Crippen LogP contribution in [-0.2, 0) is 0 Å². The van der Waals surface area contributed by atoms with Crippen LogP contribution in [0.5, 0.6) is 6.01 Å². The van der Waals surface area contributed by atoms with Gasteiger partial charge in [0.05, 0.1) is 6.61 Å². The molecule has 1 aromatic heterocycles. The first-order valence-electron chi connectivity index (χ1n) is 4.73. The maximum atomic E-state index is 5.73. The Kier molecular flexibility index (Phi) is 5.48. The Labute approximate surface area is 107 Å². The quantitative estimate of drug-likeness (QED) is 0.875. The van der Waals surface area contributed by atoms with Crippen LogP contribution in [0, 0.1) is 0 Å². The Hall–Kier alpha value is -0.880. The number of aromatic nitrogens is 3. The summed E-state index contributed by atoms with van der Waals surface area (Å²) in [6.07, 6.45) is 0.879. The van der Waals surface area contributed by atoms with E-state index in [1.807, 2.05) is 6.92 Å². The van der Waals surface area contributed by atoms with Crippen molar-refractivity contribution in [1.82, 2.24) is 15.0 Å².